The molecule has 0 N–H and O–H groups in total. The summed E-state index contributed by atoms with van der Waals surface area (Å²) < 4.78 is 13.5. The molecule has 1 nitrogen and oxygen atoms in total. The van der Waals surface area contributed by atoms with E-state index in [1.165, 1.54) is 16.7 Å². The van der Waals surface area contributed by atoms with Gasteiger partial charge in [-0.2, -0.15) is 0 Å². The molecule has 0 radical (unpaired) electrons. The standard InChI is InChI=1S/C19H21OP/c1-14-8-9-17-15(10-14)11-19(2)13-21(20,12-18(17)19)16-6-4-3-5-7-16/h3-10,18H,11-13H2,1-2H3/t18-,19-,21?/m0/s1. The third-order valence-electron chi connectivity index (χ3n) is 5.43. The van der Waals surface area contributed by atoms with Crippen molar-refractivity contribution < 1.29 is 4.57 Å². The van der Waals surface area contributed by atoms with Gasteiger partial charge in [-0.25, -0.2) is 0 Å². The Balaban J connectivity index is 1.77. The van der Waals surface area contributed by atoms with Crippen LogP contribution in [-0.4, -0.2) is 12.3 Å². The third kappa shape index (κ3) is 1.94. The Kier molecular flexibility index (Phi) is 2.75. The van der Waals surface area contributed by atoms with Crippen molar-refractivity contribution in [2.24, 2.45) is 5.41 Å². The molecule has 1 unspecified atom stereocenters. The molecule has 1 aliphatic heterocycles. The van der Waals surface area contributed by atoms with Gasteiger partial charge < -0.3 is 4.57 Å². The number of hydrogen-bond acceptors (Lipinski definition) is 1. The van der Waals surface area contributed by atoms with Crippen molar-refractivity contribution in [1.29, 1.82) is 0 Å². The van der Waals surface area contributed by atoms with Gasteiger partial charge in [0.15, 0.2) is 0 Å². The average Bonchev–Trinajstić information content (AvgIpc) is 2.86. The fourth-order valence-electron chi connectivity index (χ4n) is 4.49. The summed E-state index contributed by atoms with van der Waals surface area (Å²) in [7, 11) is -2.23. The Morgan fingerprint density at radius 2 is 1.90 bits per heavy atom. The van der Waals surface area contributed by atoms with Crippen molar-refractivity contribution in [1.82, 2.24) is 0 Å². The molecule has 0 bridgehead atoms. The predicted molar refractivity (Wildman–Crippen MR) is 89.1 cm³/mol. The third-order valence-corrected chi connectivity index (χ3v) is 8.86. The van der Waals surface area contributed by atoms with Crippen LogP contribution in [0.3, 0.4) is 0 Å². The normalized spacial score (nSPS) is 33.7. The lowest BCUT2D eigenvalue weighted by atomic mass is 9.81. The summed E-state index contributed by atoms with van der Waals surface area (Å²) in [6.45, 7) is 4.50. The molecular formula is C19H21OP. The van der Waals surface area contributed by atoms with E-state index in [9.17, 15) is 4.57 Å². The van der Waals surface area contributed by atoms with Crippen LogP contribution in [-0.2, 0) is 11.0 Å². The smallest absolute Gasteiger partial charge is 0.116 e. The minimum atomic E-state index is -2.23. The van der Waals surface area contributed by atoms with Gasteiger partial charge in [0.1, 0.15) is 7.14 Å². The summed E-state index contributed by atoms with van der Waals surface area (Å²) in [5.74, 6) is 0.471. The number of benzene rings is 2. The van der Waals surface area contributed by atoms with E-state index in [0.29, 0.717) is 5.92 Å². The molecule has 0 amide bonds. The van der Waals surface area contributed by atoms with Crippen molar-refractivity contribution in [3.05, 3.63) is 65.2 Å². The molecule has 2 aliphatic rings. The summed E-state index contributed by atoms with van der Waals surface area (Å²) in [5, 5.41) is 1.08. The topological polar surface area (TPSA) is 17.1 Å². The second kappa shape index (κ2) is 4.34. The van der Waals surface area contributed by atoms with Crippen LogP contribution in [0.25, 0.3) is 0 Å². The Morgan fingerprint density at radius 3 is 2.67 bits per heavy atom. The zero-order valence-electron chi connectivity index (χ0n) is 12.7. The Hall–Kier alpha value is -1.33. The van der Waals surface area contributed by atoms with Gasteiger partial charge in [-0.05, 0) is 35.8 Å². The van der Waals surface area contributed by atoms with Crippen LogP contribution in [0.2, 0.25) is 0 Å². The number of aryl methyl sites for hydroxylation is 1. The van der Waals surface area contributed by atoms with Gasteiger partial charge in [0.2, 0.25) is 0 Å². The molecule has 21 heavy (non-hydrogen) atoms. The number of fused-ring (bicyclic) bond motifs is 3. The Labute approximate surface area is 126 Å². The van der Waals surface area contributed by atoms with E-state index in [4.69, 9.17) is 0 Å². The molecule has 1 fully saturated rings. The van der Waals surface area contributed by atoms with Gasteiger partial charge in [-0.3, -0.25) is 0 Å². The summed E-state index contributed by atoms with van der Waals surface area (Å²) in [4.78, 5) is 0. The van der Waals surface area contributed by atoms with Gasteiger partial charge in [0.25, 0.3) is 0 Å². The van der Waals surface area contributed by atoms with Crippen LogP contribution in [0.4, 0.5) is 0 Å². The first-order valence-corrected chi connectivity index (χ1v) is 9.81. The first kappa shape index (κ1) is 13.3. The molecule has 2 aromatic rings. The Bertz CT molecular complexity index is 749. The number of hydrogen-bond donors (Lipinski definition) is 0. The van der Waals surface area contributed by atoms with Crippen LogP contribution in [0.15, 0.2) is 48.5 Å². The van der Waals surface area contributed by atoms with E-state index in [1.807, 2.05) is 18.2 Å². The molecule has 1 heterocycles. The molecule has 0 aromatic heterocycles. The molecule has 1 aliphatic carbocycles. The quantitative estimate of drug-likeness (QED) is 0.715. The average molecular weight is 296 g/mol. The van der Waals surface area contributed by atoms with Crippen molar-refractivity contribution in [3.63, 3.8) is 0 Å². The van der Waals surface area contributed by atoms with Crippen molar-refractivity contribution in [2.75, 3.05) is 12.3 Å². The lowest BCUT2D eigenvalue weighted by Gasteiger charge is -2.23. The molecule has 0 spiro atoms. The largest absolute Gasteiger partial charge is 0.319 e. The minimum Gasteiger partial charge on any atom is -0.319 e. The first-order valence-electron chi connectivity index (χ1n) is 7.73. The fraction of sp³-hybridized carbons (Fsp3) is 0.368. The van der Waals surface area contributed by atoms with Crippen LogP contribution in [0.5, 0.6) is 0 Å². The van der Waals surface area contributed by atoms with Gasteiger partial charge in [-0.15, -0.1) is 0 Å². The molecule has 4 rings (SSSR count). The predicted octanol–water partition coefficient (Wildman–Crippen LogP) is 4.34. The molecule has 108 valence electrons. The van der Waals surface area contributed by atoms with Crippen LogP contribution in [0.1, 0.15) is 29.5 Å². The zero-order chi connectivity index (χ0) is 14.7. The zero-order valence-corrected chi connectivity index (χ0v) is 13.6. The highest BCUT2D eigenvalue weighted by Gasteiger charge is 2.54. The second-order valence-electron chi connectivity index (χ2n) is 7.15. The highest BCUT2D eigenvalue weighted by atomic mass is 31.2. The fourth-order valence-corrected chi connectivity index (χ4v) is 8.45. The Morgan fingerprint density at radius 1 is 1.14 bits per heavy atom. The van der Waals surface area contributed by atoms with Crippen LogP contribution >= 0.6 is 7.14 Å². The van der Waals surface area contributed by atoms with Gasteiger partial charge in [0, 0.05) is 17.6 Å². The van der Waals surface area contributed by atoms with Crippen LogP contribution < -0.4 is 5.30 Å². The summed E-state index contributed by atoms with van der Waals surface area (Å²) >= 11 is 0. The van der Waals surface area contributed by atoms with Crippen molar-refractivity contribution >= 4 is 12.4 Å². The molecule has 2 aromatic carbocycles. The van der Waals surface area contributed by atoms with E-state index in [0.717, 1.165) is 24.0 Å². The minimum absolute atomic E-state index is 0.182. The second-order valence-corrected chi connectivity index (χ2v) is 10.1. The monoisotopic (exact) mass is 296 g/mol. The SMILES string of the molecule is Cc1ccc2c(c1)C[C@@]1(C)CP(=O)(c3ccccc3)C[C@@H]21. The summed E-state index contributed by atoms with van der Waals surface area (Å²) in [6.07, 6.45) is 2.80. The highest BCUT2D eigenvalue weighted by molar-refractivity contribution is 7.72. The summed E-state index contributed by atoms with van der Waals surface area (Å²) in [6, 6.07) is 17.0. The first-order chi connectivity index (χ1) is 10.0. The van der Waals surface area contributed by atoms with Gasteiger partial charge >= 0.3 is 0 Å². The summed E-state index contributed by atoms with van der Waals surface area (Å²) in [5.41, 5.74) is 4.46. The van der Waals surface area contributed by atoms with E-state index in [2.05, 4.69) is 44.2 Å². The molecule has 3 atom stereocenters. The van der Waals surface area contributed by atoms with E-state index in [1.54, 1.807) is 0 Å². The van der Waals surface area contributed by atoms with Crippen molar-refractivity contribution in [3.8, 4) is 0 Å². The van der Waals surface area contributed by atoms with E-state index >= 15 is 0 Å². The van der Waals surface area contributed by atoms with Gasteiger partial charge in [-0.1, -0.05) is 61.0 Å². The van der Waals surface area contributed by atoms with Crippen LogP contribution in [0, 0.1) is 12.3 Å². The maximum atomic E-state index is 13.5. The molecule has 0 saturated carbocycles. The van der Waals surface area contributed by atoms with E-state index < -0.39 is 7.14 Å². The lowest BCUT2D eigenvalue weighted by molar-refractivity contribution is 0.358. The van der Waals surface area contributed by atoms with Gasteiger partial charge in [0.05, 0.1) is 0 Å². The molecular weight excluding hydrogens is 275 g/mol. The maximum absolute atomic E-state index is 13.5. The molecule has 2 heteroatoms. The van der Waals surface area contributed by atoms with E-state index in [-0.39, 0.29) is 5.41 Å². The van der Waals surface area contributed by atoms with Crippen molar-refractivity contribution in [2.45, 2.75) is 26.2 Å². The lowest BCUT2D eigenvalue weighted by Crippen LogP contribution is -2.20. The molecule has 1 saturated heterocycles. The maximum Gasteiger partial charge on any atom is 0.116 e. The number of rotatable bonds is 1. The highest BCUT2D eigenvalue weighted by Crippen LogP contribution is 2.67.